The summed E-state index contributed by atoms with van der Waals surface area (Å²) in [7, 11) is 1.94. The minimum Gasteiger partial charge on any atom is -0.383 e. The number of imidazole rings is 1. The van der Waals surface area contributed by atoms with E-state index in [2.05, 4.69) is 35.0 Å². The maximum atomic E-state index is 6.26. The van der Waals surface area contributed by atoms with Crippen LogP contribution in [0, 0.1) is 6.92 Å². The maximum absolute atomic E-state index is 6.26. The molecule has 1 aromatic heterocycles. The quantitative estimate of drug-likeness (QED) is 0.750. The SMILES string of the molecule is Cc1ccc(-c2nc(-c3ccccc3)n(C)c2N)c(Br)c1. The lowest BCUT2D eigenvalue weighted by Gasteiger charge is -2.04. The number of benzene rings is 2. The van der Waals surface area contributed by atoms with Crippen LogP contribution in [0.3, 0.4) is 0 Å². The van der Waals surface area contributed by atoms with Crippen LogP contribution < -0.4 is 5.73 Å². The van der Waals surface area contributed by atoms with Crippen LogP contribution in [0.4, 0.5) is 5.82 Å². The van der Waals surface area contributed by atoms with Crippen molar-refractivity contribution in [3.63, 3.8) is 0 Å². The Hall–Kier alpha value is -2.07. The standard InChI is InChI=1S/C17H16BrN3/c1-11-8-9-13(14(18)10-11)15-16(19)21(2)17(20-15)12-6-4-3-5-7-12/h3-10H,19H2,1-2H3. The molecule has 0 aliphatic rings. The van der Waals surface area contributed by atoms with Crippen molar-refractivity contribution in [3.8, 4) is 22.6 Å². The largest absolute Gasteiger partial charge is 0.383 e. The second-order valence-electron chi connectivity index (χ2n) is 5.08. The molecule has 3 rings (SSSR count). The number of rotatable bonds is 2. The van der Waals surface area contributed by atoms with Crippen molar-refractivity contribution in [2.24, 2.45) is 7.05 Å². The fourth-order valence-electron chi connectivity index (χ4n) is 2.37. The lowest BCUT2D eigenvalue weighted by atomic mass is 10.1. The van der Waals surface area contributed by atoms with Gasteiger partial charge in [0.15, 0.2) is 0 Å². The first-order valence-electron chi connectivity index (χ1n) is 6.72. The molecule has 1 heterocycles. The van der Waals surface area contributed by atoms with E-state index in [1.165, 1.54) is 5.56 Å². The average Bonchev–Trinajstić information content (AvgIpc) is 2.77. The normalized spacial score (nSPS) is 10.8. The lowest BCUT2D eigenvalue weighted by molar-refractivity contribution is 0.937. The Bertz CT molecular complexity index is 791. The van der Waals surface area contributed by atoms with Crippen molar-refractivity contribution in [3.05, 3.63) is 58.6 Å². The molecule has 3 nitrogen and oxygen atoms in total. The first-order valence-corrected chi connectivity index (χ1v) is 7.51. The number of aromatic nitrogens is 2. The molecule has 2 N–H and O–H groups in total. The lowest BCUT2D eigenvalue weighted by Crippen LogP contribution is -1.98. The van der Waals surface area contributed by atoms with Gasteiger partial charge in [-0.25, -0.2) is 4.98 Å². The molecule has 0 fully saturated rings. The molecule has 0 unspecified atom stereocenters. The van der Waals surface area contributed by atoms with Gasteiger partial charge in [0.2, 0.25) is 0 Å². The number of nitrogen functional groups attached to an aromatic ring is 1. The minimum absolute atomic E-state index is 0.665. The molecule has 21 heavy (non-hydrogen) atoms. The molecule has 4 heteroatoms. The summed E-state index contributed by atoms with van der Waals surface area (Å²) >= 11 is 3.60. The van der Waals surface area contributed by atoms with E-state index in [1.54, 1.807) is 0 Å². The number of nitrogens with two attached hydrogens (primary N) is 1. The third-order valence-electron chi connectivity index (χ3n) is 3.55. The van der Waals surface area contributed by atoms with Gasteiger partial charge in [0.25, 0.3) is 0 Å². The van der Waals surface area contributed by atoms with Crippen molar-refractivity contribution >= 4 is 21.7 Å². The molecule has 3 aromatic rings. The van der Waals surface area contributed by atoms with Crippen molar-refractivity contribution < 1.29 is 0 Å². The van der Waals surface area contributed by atoms with E-state index in [0.29, 0.717) is 5.82 Å². The van der Waals surface area contributed by atoms with Crippen LogP contribution >= 0.6 is 15.9 Å². The first kappa shape index (κ1) is 13.9. The van der Waals surface area contributed by atoms with Crippen LogP contribution in [-0.4, -0.2) is 9.55 Å². The third kappa shape index (κ3) is 2.47. The predicted molar refractivity (Wildman–Crippen MR) is 90.9 cm³/mol. The summed E-state index contributed by atoms with van der Waals surface area (Å²) in [6.45, 7) is 2.06. The highest BCUT2D eigenvalue weighted by Crippen LogP contribution is 2.34. The molecule has 0 aliphatic carbocycles. The number of hydrogen-bond acceptors (Lipinski definition) is 2. The molecule has 2 aromatic carbocycles. The Morgan fingerprint density at radius 1 is 1.10 bits per heavy atom. The third-order valence-corrected chi connectivity index (χ3v) is 4.21. The first-order chi connectivity index (χ1) is 10.1. The van der Waals surface area contributed by atoms with Gasteiger partial charge in [0.05, 0.1) is 0 Å². The van der Waals surface area contributed by atoms with Crippen molar-refractivity contribution in [1.29, 1.82) is 0 Å². The summed E-state index contributed by atoms with van der Waals surface area (Å²) in [6, 6.07) is 16.3. The highest BCUT2D eigenvalue weighted by Gasteiger charge is 2.16. The summed E-state index contributed by atoms with van der Waals surface area (Å²) in [5.41, 5.74) is 10.3. The smallest absolute Gasteiger partial charge is 0.142 e. The topological polar surface area (TPSA) is 43.8 Å². The molecule has 0 aliphatic heterocycles. The van der Waals surface area contributed by atoms with Crippen LogP contribution in [0.5, 0.6) is 0 Å². The fourth-order valence-corrected chi connectivity index (χ4v) is 3.05. The Morgan fingerprint density at radius 2 is 1.81 bits per heavy atom. The van der Waals surface area contributed by atoms with Gasteiger partial charge in [-0.2, -0.15) is 0 Å². The van der Waals surface area contributed by atoms with E-state index in [9.17, 15) is 0 Å². The van der Waals surface area contributed by atoms with E-state index in [4.69, 9.17) is 10.7 Å². The molecule has 0 spiro atoms. The second-order valence-corrected chi connectivity index (χ2v) is 5.93. The molecule has 0 saturated heterocycles. The fraction of sp³-hybridized carbons (Fsp3) is 0.118. The summed E-state index contributed by atoms with van der Waals surface area (Å²) in [4.78, 5) is 4.75. The highest BCUT2D eigenvalue weighted by atomic mass is 79.9. The number of halogens is 1. The van der Waals surface area contributed by atoms with Crippen molar-refractivity contribution in [2.45, 2.75) is 6.92 Å². The van der Waals surface area contributed by atoms with Gasteiger partial charge in [-0.3, -0.25) is 0 Å². The van der Waals surface area contributed by atoms with E-state index in [1.807, 2.05) is 48.0 Å². The average molecular weight is 342 g/mol. The van der Waals surface area contributed by atoms with Gasteiger partial charge >= 0.3 is 0 Å². The second kappa shape index (κ2) is 5.37. The Balaban J connectivity index is 2.17. The summed E-state index contributed by atoms with van der Waals surface area (Å²) in [5.74, 6) is 1.54. The maximum Gasteiger partial charge on any atom is 0.142 e. The molecule has 0 atom stereocenters. The van der Waals surface area contributed by atoms with Crippen LogP contribution in [0.25, 0.3) is 22.6 Å². The Kier molecular flexibility index (Phi) is 3.55. The van der Waals surface area contributed by atoms with E-state index < -0.39 is 0 Å². The zero-order valence-corrected chi connectivity index (χ0v) is 13.6. The van der Waals surface area contributed by atoms with Gasteiger partial charge in [-0.1, -0.05) is 58.4 Å². The monoisotopic (exact) mass is 341 g/mol. The zero-order chi connectivity index (χ0) is 15.0. The van der Waals surface area contributed by atoms with Crippen LogP contribution in [0.1, 0.15) is 5.56 Å². The molecule has 106 valence electrons. The summed E-state index contributed by atoms with van der Waals surface area (Å²) < 4.78 is 2.93. The highest BCUT2D eigenvalue weighted by molar-refractivity contribution is 9.10. The van der Waals surface area contributed by atoms with Crippen molar-refractivity contribution in [2.75, 3.05) is 5.73 Å². The molecular weight excluding hydrogens is 326 g/mol. The summed E-state index contributed by atoms with van der Waals surface area (Å²) in [5, 5.41) is 0. The number of nitrogens with zero attached hydrogens (tertiary/aromatic N) is 2. The van der Waals surface area contributed by atoms with Crippen LogP contribution in [0.15, 0.2) is 53.0 Å². The Morgan fingerprint density at radius 3 is 2.48 bits per heavy atom. The molecular formula is C17H16BrN3. The molecule has 0 amide bonds. The molecule has 0 bridgehead atoms. The van der Waals surface area contributed by atoms with Crippen LogP contribution in [-0.2, 0) is 7.05 Å². The molecule has 0 saturated carbocycles. The molecule has 0 radical (unpaired) electrons. The van der Waals surface area contributed by atoms with E-state index in [-0.39, 0.29) is 0 Å². The number of anilines is 1. The van der Waals surface area contributed by atoms with Gasteiger partial charge in [0.1, 0.15) is 17.3 Å². The van der Waals surface area contributed by atoms with Gasteiger partial charge in [-0.05, 0) is 18.6 Å². The number of hydrogen-bond donors (Lipinski definition) is 1. The van der Waals surface area contributed by atoms with E-state index in [0.717, 1.165) is 27.1 Å². The Labute approximate surface area is 132 Å². The number of aryl methyl sites for hydroxylation is 1. The van der Waals surface area contributed by atoms with Crippen LogP contribution in [0.2, 0.25) is 0 Å². The van der Waals surface area contributed by atoms with Gasteiger partial charge < -0.3 is 10.3 Å². The minimum atomic E-state index is 0.665. The van der Waals surface area contributed by atoms with Gasteiger partial charge in [-0.15, -0.1) is 0 Å². The summed E-state index contributed by atoms with van der Waals surface area (Å²) in [6.07, 6.45) is 0. The van der Waals surface area contributed by atoms with E-state index >= 15 is 0 Å². The van der Waals surface area contributed by atoms with Gasteiger partial charge in [0, 0.05) is 22.6 Å². The zero-order valence-electron chi connectivity index (χ0n) is 12.0. The van der Waals surface area contributed by atoms with Crippen molar-refractivity contribution in [1.82, 2.24) is 9.55 Å². The predicted octanol–water partition coefficient (Wildman–Crippen LogP) is 4.41.